The average molecular weight is 282 g/mol. The van der Waals surface area contributed by atoms with E-state index in [2.05, 4.69) is 0 Å². The molecule has 0 bridgehead atoms. The minimum atomic E-state index is -0.584. The lowest BCUT2D eigenvalue weighted by Gasteiger charge is -2.06. The predicted octanol–water partition coefficient (Wildman–Crippen LogP) is 3.44. The predicted molar refractivity (Wildman–Crippen MR) is 78.6 cm³/mol. The van der Waals surface area contributed by atoms with Gasteiger partial charge in [-0.3, -0.25) is 4.79 Å². The van der Waals surface area contributed by atoms with Gasteiger partial charge in [-0.15, -0.1) is 0 Å². The second kappa shape index (κ2) is 7.05. The van der Waals surface area contributed by atoms with Gasteiger partial charge in [0.15, 0.2) is 0 Å². The summed E-state index contributed by atoms with van der Waals surface area (Å²) in [6.45, 7) is 1.28. The molecule has 4 heteroatoms. The van der Waals surface area contributed by atoms with Crippen molar-refractivity contribution in [3.8, 4) is 5.75 Å². The van der Waals surface area contributed by atoms with Crippen LogP contribution in [0.5, 0.6) is 5.75 Å². The number of para-hydroxylation sites is 1. The molecule has 0 saturated carbocycles. The number of benzene rings is 2. The van der Waals surface area contributed by atoms with Gasteiger partial charge in [-0.2, -0.15) is 0 Å². The van der Waals surface area contributed by atoms with Crippen LogP contribution in [-0.2, 0) is 9.53 Å². The highest BCUT2D eigenvalue weighted by atomic mass is 16.5. The number of carbonyl (C=O) groups excluding carboxylic acids is 2. The highest BCUT2D eigenvalue weighted by Gasteiger charge is 2.13. The highest BCUT2D eigenvalue weighted by molar-refractivity contribution is 5.93. The molecule has 0 amide bonds. The molecular formula is C17H14O4. The third-order valence-electron chi connectivity index (χ3n) is 2.60. The summed E-state index contributed by atoms with van der Waals surface area (Å²) in [5, 5.41) is 0. The van der Waals surface area contributed by atoms with Gasteiger partial charge in [-0.05, 0) is 23.8 Å². The van der Waals surface area contributed by atoms with Crippen molar-refractivity contribution < 1.29 is 19.1 Å². The smallest absolute Gasteiger partial charge is 0.346 e. The number of hydrogen-bond donors (Lipinski definition) is 0. The molecule has 0 saturated heterocycles. The minimum Gasteiger partial charge on any atom is -0.431 e. The van der Waals surface area contributed by atoms with E-state index < -0.39 is 11.9 Å². The van der Waals surface area contributed by atoms with Crippen molar-refractivity contribution in [2.45, 2.75) is 6.92 Å². The van der Waals surface area contributed by atoms with Crippen LogP contribution in [0.4, 0.5) is 0 Å². The highest BCUT2D eigenvalue weighted by Crippen LogP contribution is 2.19. The fourth-order valence-corrected chi connectivity index (χ4v) is 1.68. The Hall–Kier alpha value is -2.88. The molecule has 0 aliphatic rings. The summed E-state index contributed by atoms with van der Waals surface area (Å²) in [7, 11) is 0. The maximum Gasteiger partial charge on any atom is 0.346 e. The third-order valence-corrected chi connectivity index (χ3v) is 2.60. The number of rotatable bonds is 4. The number of ether oxygens (including phenoxy) is 2. The second-order valence-corrected chi connectivity index (χ2v) is 4.21. The Kier molecular flexibility index (Phi) is 4.88. The molecule has 0 N–H and O–H groups in total. The van der Waals surface area contributed by atoms with Crippen LogP contribution in [0.1, 0.15) is 22.8 Å². The van der Waals surface area contributed by atoms with Crippen molar-refractivity contribution >= 4 is 18.0 Å². The first-order chi connectivity index (χ1) is 10.2. The molecule has 2 aromatic rings. The fourth-order valence-electron chi connectivity index (χ4n) is 1.68. The van der Waals surface area contributed by atoms with Gasteiger partial charge in [0.25, 0.3) is 0 Å². The first kappa shape index (κ1) is 14.5. The molecule has 0 aromatic heterocycles. The topological polar surface area (TPSA) is 52.6 Å². The standard InChI is InChI=1S/C17H14O4/c1-13(18)21-16-10-6-5-9-15(16)17(19)20-12-11-14-7-3-2-4-8-14/h2-12H,1H3/b12-11-. The zero-order valence-corrected chi connectivity index (χ0v) is 11.5. The maximum atomic E-state index is 12.0. The molecule has 0 aliphatic carbocycles. The molecule has 2 rings (SSSR count). The van der Waals surface area contributed by atoms with Gasteiger partial charge < -0.3 is 9.47 Å². The van der Waals surface area contributed by atoms with E-state index in [0.29, 0.717) is 0 Å². The Bertz CT molecular complexity index is 660. The minimum absolute atomic E-state index is 0.183. The van der Waals surface area contributed by atoms with E-state index in [0.717, 1.165) is 5.56 Å². The van der Waals surface area contributed by atoms with E-state index in [1.165, 1.54) is 19.3 Å². The number of esters is 2. The van der Waals surface area contributed by atoms with Crippen molar-refractivity contribution in [3.05, 3.63) is 72.0 Å². The van der Waals surface area contributed by atoms with E-state index in [-0.39, 0.29) is 11.3 Å². The Labute approximate surface area is 122 Å². The molecule has 0 fully saturated rings. The largest absolute Gasteiger partial charge is 0.431 e. The van der Waals surface area contributed by atoms with Gasteiger partial charge >= 0.3 is 11.9 Å². The van der Waals surface area contributed by atoms with Gasteiger partial charge in [0.2, 0.25) is 0 Å². The maximum absolute atomic E-state index is 12.0. The van der Waals surface area contributed by atoms with Crippen molar-refractivity contribution in [1.29, 1.82) is 0 Å². The second-order valence-electron chi connectivity index (χ2n) is 4.21. The summed E-state index contributed by atoms with van der Waals surface area (Å²) in [6.07, 6.45) is 2.98. The lowest BCUT2D eigenvalue weighted by molar-refractivity contribution is -0.131. The van der Waals surface area contributed by atoms with Crippen molar-refractivity contribution in [3.63, 3.8) is 0 Å². The van der Waals surface area contributed by atoms with E-state index in [4.69, 9.17) is 9.47 Å². The molecule has 0 spiro atoms. The molecule has 106 valence electrons. The van der Waals surface area contributed by atoms with Crippen LogP contribution in [0.15, 0.2) is 60.9 Å². The first-order valence-electron chi connectivity index (χ1n) is 6.37. The average Bonchev–Trinajstić information content (AvgIpc) is 2.48. The Morgan fingerprint density at radius 2 is 1.62 bits per heavy atom. The Balaban J connectivity index is 2.07. The fraction of sp³-hybridized carbons (Fsp3) is 0.0588. The molecule has 21 heavy (non-hydrogen) atoms. The molecule has 0 aliphatic heterocycles. The third kappa shape index (κ3) is 4.31. The quantitative estimate of drug-likeness (QED) is 0.489. The summed E-state index contributed by atoms with van der Waals surface area (Å²) in [6, 6.07) is 15.9. The van der Waals surface area contributed by atoms with E-state index in [9.17, 15) is 9.59 Å². The number of carbonyl (C=O) groups is 2. The van der Waals surface area contributed by atoms with Crippen LogP contribution < -0.4 is 4.74 Å². The van der Waals surface area contributed by atoms with Crippen LogP contribution in [0.3, 0.4) is 0 Å². The van der Waals surface area contributed by atoms with Gasteiger partial charge in [0.1, 0.15) is 11.3 Å². The van der Waals surface area contributed by atoms with E-state index in [1.54, 1.807) is 24.3 Å². The van der Waals surface area contributed by atoms with Crippen LogP contribution in [-0.4, -0.2) is 11.9 Å². The summed E-state index contributed by atoms with van der Waals surface area (Å²) in [5.41, 5.74) is 1.11. The molecule has 0 radical (unpaired) electrons. The SMILES string of the molecule is CC(=O)Oc1ccccc1C(=O)O/C=C\c1ccccc1. The van der Waals surface area contributed by atoms with E-state index >= 15 is 0 Å². The molecule has 0 unspecified atom stereocenters. The Morgan fingerprint density at radius 3 is 2.33 bits per heavy atom. The van der Waals surface area contributed by atoms with Gasteiger partial charge in [-0.25, -0.2) is 4.79 Å². The summed E-state index contributed by atoms with van der Waals surface area (Å²) in [5.74, 6) is -0.891. The molecule has 0 atom stereocenters. The zero-order valence-electron chi connectivity index (χ0n) is 11.5. The monoisotopic (exact) mass is 282 g/mol. The van der Waals surface area contributed by atoms with Gasteiger partial charge in [0.05, 0.1) is 6.26 Å². The molecule has 0 heterocycles. The van der Waals surface area contributed by atoms with Gasteiger partial charge in [0, 0.05) is 6.92 Å². The summed E-state index contributed by atoms with van der Waals surface area (Å²) in [4.78, 5) is 23.0. The molecule has 4 nitrogen and oxygen atoms in total. The lowest BCUT2D eigenvalue weighted by Crippen LogP contribution is -2.08. The van der Waals surface area contributed by atoms with Crippen LogP contribution >= 0.6 is 0 Å². The van der Waals surface area contributed by atoms with Crippen molar-refractivity contribution in [2.24, 2.45) is 0 Å². The van der Waals surface area contributed by atoms with Crippen LogP contribution in [0.2, 0.25) is 0 Å². The van der Waals surface area contributed by atoms with Crippen LogP contribution in [0.25, 0.3) is 6.08 Å². The zero-order chi connectivity index (χ0) is 15.1. The first-order valence-corrected chi connectivity index (χ1v) is 6.37. The van der Waals surface area contributed by atoms with Gasteiger partial charge in [-0.1, -0.05) is 42.5 Å². The van der Waals surface area contributed by atoms with Crippen molar-refractivity contribution in [2.75, 3.05) is 0 Å². The van der Waals surface area contributed by atoms with Crippen molar-refractivity contribution in [1.82, 2.24) is 0 Å². The lowest BCUT2D eigenvalue weighted by atomic mass is 10.2. The normalized spacial score (nSPS) is 10.3. The summed E-state index contributed by atoms with van der Waals surface area (Å²) < 4.78 is 10.0. The molecule has 2 aromatic carbocycles. The Morgan fingerprint density at radius 1 is 0.952 bits per heavy atom. The van der Waals surface area contributed by atoms with E-state index in [1.807, 2.05) is 30.3 Å². The number of hydrogen-bond acceptors (Lipinski definition) is 4. The summed E-state index contributed by atoms with van der Waals surface area (Å²) >= 11 is 0. The molecular weight excluding hydrogens is 268 g/mol. The van der Waals surface area contributed by atoms with Crippen LogP contribution in [0, 0.1) is 0 Å².